The number of nitrogens with zero attached hydrogens (tertiary/aromatic N) is 2. The van der Waals surface area contributed by atoms with Gasteiger partial charge in [-0.2, -0.15) is 5.26 Å². The smallest absolute Gasteiger partial charge is 0.213 e. The van der Waals surface area contributed by atoms with Crippen LogP contribution in [0.2, 0.25) is 0 Å². The van der Waals surface area contributed by atoms with Crippen LogP contribution in [-0.4, -0.2) is 37.6 Å². The van der Waals surface area contributed by atoms with Crippen LogP contribution in [0.15, 0.2) is 18.2 Å². The lowest BCUT2D eigenvalue weighted by molar-refractivity contribution is 0.276. The average molecular weight is 339 g/mol. The summed E-state index contributed by atoms with van der Waals surface area (Å²) >= 11 is 0. The van der Waals surface area contributed by atoms with Crippen molar-refractivity contribution in [1.29, 1.82) is 5.26 Å². The highest BCUT2D eigenvalue weighted by molar-refractivity contribution is 7.89. The summed E-state index contributed by atoms with van der Waals surface area (Å²) in [4.78, 5) is 0. The maximum atomic E-state index is 14.0. The second-order valence-electron chi connectivity index (χ2n) is 5.81. The molecule has 1 atom stereocenters. The summed E-state index contributed by atoms with van der Waals surface area (Å²) in [5.74, 6) is -0.271. The zero-order valence-corrected chi connectivity index (χ0v) is 14.2. The molecular formula is C16H22FN3O2S. The molecule has 2 rings (SSSR count). The molecule has 1 aliphatic rings. The van der Waals surface area contributed by atoms with Gasteiger partial charge in [0.05, 0.1) is 17.4 Å². The summed E-state index contributed by atoms with van der Waals surface area (Å²) in [6.07, 6.45) is 1.42. The number of nitrogens with one attached hydrogen (secondary N) is 1. The molecule has 1 fully saturated rings. The fourth-order valence-electron chi connectivity index (χ4n) is 2.87. The molecular weight excluding hydrogens is 317 g/mol. The summed E-state index contributed by atoms with van der Waals surface area (Å²) in [6, 6.07) is 6.35. The first-order chi connectivity index (χ1) is 10.9. The van der Waals surface area contributed by atoms with Gasteiger partial charge < -0.3 is 5.32 Å². The molecule has 0 aromatic heterocycles. The number of rotatable bonds is 5. The van der Waals surface area contributed by atoms with Crippen molar-refractivity contribution in [3.8, 4) is 6.07 Å². The van der Waals surface area contributed by atoms with Crippen molar-refractivity contribution in [2.24, 2.45) is 0 Å². The fourth-order valence-corrected chi connectivity index (χ4v) is 4.01. The lowest BCUT2D eigenvalue weighted by Gasteiger charge is -2.33. The topological polar surface area (TPSA) is 73.2 Å². The number of nitriles is 1. The first kappa shape index (κ1) is 17.9. The number of piperidine rings is 1. The lowest BCUT2D eigenvalue weighted by atomic mass is 10.0. The van der Waals surface area contributed by atoms with Crippen molar-refractivity contribution in [3.05, 3.63) is 35.1 Å². The van der Waals surface area contributed by atoms with Gasteiger partial charge >= 0.3 is 0 Å². The molecule has 0 spiro atoms. The van der Waals surface area contributed by atoms with E-state index in [1.54, 1.807) is 19.1 Å². The van der Waals surface area contributed by atoms with Gasteiger partial charge in [0, 0.05) is 30.7 Å². The van der Waals surface area contributed by atoms with E-state index in [9.17, 15) is 12.8 Å². The van der Waals surface area contributed by atoms with Gasteiger partial charge in [0.1, 0.15) is 5.82 Å². The molecule has 23 heavy (non-hydrogen) atoms. The predicted octanol–water partition coefficient (Wildman–Crippen LogP) is 2.16. The Balaban J connectivity index is 1.95. The van der Waals surface area contributed by atoms with E-state index in [2.05, 4.69) is 5.32 Å². The van der Waals surface area contributed by atoms with Gasteiger partial charge in [-0.25, -0.2) is 17.1 Å². The molecule has 0 aliphatic carbocycles. The van der Waals surface area contributed by atoms with Gasteiger partial charge in [0.25, 0.3) is 0 Å². The van der Waals surface area contributed by atoms with Crippen molar-refractivity contribution >= 4 is 10.0 Å². The Morgan fingerprint density at radius 2 is 2.09 bits per heavy atom. The Hall–Kier alpha value is -1.49. The Labute approximate surface area is 137 Å². The van der Waals surface area contributed by atoms with Crippen LogP contribution in [-0.2, 0) is 10.0 Å². The molecule has 1 aliphatic heterocycles. The number of sulfonamides is 1. The van der Waals surface area contributed by atoms with E-state index < -0.39 is 15.8 Å². The molecule has 0 unspecified atom stereocenters. The molecule has 0 bridgehead atoms. The van der Waals surface area contributed by atoms with Crippen molar-refractivity contribution < 1.29 is 12.8 Å². The second-order valence-corrected chi connectivity index (χ2v) is 8.07. The third kappa shape index (κ3) is 4.28. The molecule has 1 saturated heterocycles. The highest BCUT2D eigenvalue weighted by Crippen LogP contribution is 2.21. The third-order valence-corrected chi connectivity index (χ3v) is 6.18. The molecule has 126 valence electrons. The Morgan fingerprint density at radius 3 is 2.61 bits per heavy atom. The number of benzene rings is 1. The molecule has 1 aromatic rings. The molecule has 5 nitrogen and oxygen atoms in total. The average Bonchev–Trinajstić information content (AvgIpc) is 2.55. The zero-order valence-electron chi connectivity index (χ0n) is 13.4. The normalized spacial score (nSPS) is 18.5. The lowest BCUT2D eigenvalue weighted by Crippen LogP contribution is -2.45. The maximum absolute atomic E-state index is 14.0. The minimum atomic E-state index is -3.12. The van der Waals surface area contributed by atoms with Crippen LogP contribution in [0.5, 0.6) is 0 Å². The van der Waals surface area contributed by atoms with E-state index in [1.807, 2.05) is 13.0 Å². The summed E-state index contributed by atoms with van der Waals surface area (Å²) in [5.41, 5.74) is 0.823. The monoisotopic (exact) mass is 339 g/mol. The fraction of sp³-hybridized carbons (Fsp3) is 0.562. The standard InChI is InChI=1S/C16H22FN3O2S/c1-3-23(21,22)20-8-6-14(7-9-20)19-12(2)15-5-4-13(11-18)10-16(15)17/h4-5,10,12,14,19H,3,6-9H2,1-2H3/t12-/m0/s1. The number of hydrogen-bond acceptors (Lipinski definition) is 4. The number of halogens is 1. The van der Waals surface area contributed by atoms with Gasteiger partial charge in [-0.05, 0) is 38.8 Å². The van der Waals surface area contributed by atoms with Crippen molar-refractivity contribution in [3.63, 3.8) is 0 Å². The van der Waals surface area contributed by atoms with Gasteiger partial charge in [-0.1, -0.05) is 6.07 Å². The molecule has 1 aromatic carbocycles. The Bertz CT molecular complexity index is 692. The highest BCUT2D eigenvalue weighted by Gasteiger charge is 2.27. The van der Waals surface area contributed by atoms with E-state index in [-0.39, 0.29) is 17.8 Å². The van der Waals surface area contributed by atoms with Crippen LogP contribution >= 0.6 is 0 Å². The molecule has 7 heteroatoms. The van der Waals surface area contributed by atoms with E-state index in [4.69, 9.17) is 5.26 Å². The summed E-state index contributed by atoms with van der Waals surface area (Å²) in [6.45, 7) is 4.52. The van der Waals surface area contributed by atoms with E-state index in [0.29, 0.717) is 37.1 Å². The van der Waals surface area contributed by atoms with Gasteiger partial charge in [0.15, 0.2) is 0 Å². The second kappa shape index (κ2) is 7.39. The van der Waals surface area contributed by atoms with Crippen LogP contribution in [0.25, 0.3) is 0 Å². The first-order valence-electron chi connectivity index (χ1n) is 7.80. The minimum Gasteiger partial charge on any atom is -0.307 e. The van der Waals surface area contributed by atoms with Crippen molar-refractivity contribution in [2.45, 2.75) is 38.8 Å². The van der Waals surface area contributed by atoms with E-state index >= 15 is 0 Å². The highest BCUT2D eigenvalue weighted by atomic mass is 32.2. The molecule has 0 amide bonds. The Kier molecular flexibility index (Phi) is 5.74. The largest absolute Gasteiger partial charge is 0.307 e. The maximum Gasteiger partial charge on any atom is 0.213 e. The van der Waals surface area contributed by atoms with Crippen molar-refractivity contribution in [2.75, 3.05) is 18.8 Å². The van der Waals surface area contributed by atoms with Crippen LogP contribution in [0.1, 0.15) is 43.9 Å². The summed E-state index contributed by atoms with van der Waals surface area (Å²) in [7, 11) is -3.12. The van der Waals surface area contributed by atoms with Crippen LogP contribution in [0.4, 0.5) is 4.39 Å². The quantitative estimate of drug-likeness (QED) is 0.892. The van der Waals surface area contributed by atoms with Gasteiger partial charge in [-0.3, -0.25) is 0 Å². The SMILES string of the molecule is CCS(=O)(=O)N1CCC(N[C@@H](C)c2ccc(C#N)cc2F)CC1. The van der Waals surface area contributed by atoms with Gasteiger partial charge in [0.2, 0.25) is 10.0 Å². The van der Waals surface area contributed by atoms with E-state index in [1.165, 1.54) is 10.4 Å². The molecule has 1 N–H and O–H groups in total. The van der Waals surface area contributed by atoms with Crippen LogP contribution < -0.4 is 5.32 Å². The predicted molar refractivity (Wildman–Crippen MR) is 86.7 cm³/mol. The third-order valence-electron chi connectivity index (χ3n) is 4.29. The van der Waals surface area contributed by atoms with Crippen LogP contribution in [0, 0.1) is 17.1 Å². The minimum absolute atomic E-state index is 0.123. The summed E-state index contributed by atoms with van der Waals surface area (Å²) in [5, 5.41) is 12.1. The summed E-state index contributed by atoms with van der Waals surface area (Å²) < 4.78 is 39.2. The Morgan fingerprint density at radius 1 is 1.43 bits per heavy atom. The van der Waals surface area contributed by atoms with Crippen molar-refractivity contribution in [1.82, 2.24) is 9.62 Å². The first-order valence-corrected chi connectivity index (χ1v) is 9.41. The van der Waals surface area contributed by atoms with Gasteiger partial charge in [-0.15, -0.1) is 0 Å². The van der Waals surface area contributed by atoms with E-state index in [0.717, 1.165) is 0 Å². The molecule has 0 radical (unpaired) electrons. The zero-order chi connectivity index (χ0) is 17.0. The molecule has 1 heterocycles. The molecule has 0 saturated carbocycles. The number of hydrogen-bond donors (Lipinski definition) is 1. The van der Waals surface area contributed by atoms with Crippen LogP contribution in [0.3, 0.4) is 0 Å².